The van der Waals surface area contributed by atoms with Gasteiger partial charge in [0.05, 0.1) is 12.3 Å². The van der Waals surface area contributed by atoms with Gasteiger partial charge in [-0.1, -0.05) is 6.07 Å². The van der Waals surface area contributed by atoms with Crippen LogP contribution in [0.1, 0.15) is 6.92 Å². The molecule has 0 saturated carbocycles. The maximum absolute atomic E-state index is 11.1. The van der Waals surface area contributed by atoms with Gasteiger partial charge in [0.15, 0.2) is 0 Å². The highest BCUT2D eigenvalue weighted by molar-refractivity contribution is 5.88. The molecule has 2 rings (SSSR count). The van der Waals surface area contributed by atoms with Crippen LogP contribution in [0, 0.1) is 0 Å². The van der Waals surface area contributed by atoms with E-state index in [4.69, 9.17) is 4.74 Å². The van der Waals surface area contributed by atoms with Crippen LogP contribution in [0.15, 0.2) is 36.7 Å². The van der Waals surface area contributed by atoms with E-state index in [1.807, 2.05) is 35.0 Å². The predicted octanol–water partition coefficient (Wildman–Crippen LogP) is 1.89. The number of rotatable bonds is 6. The van der Waals surface area contributed by atoms with Gasteiger partial charge in [0.1, 0.15) is 0 Å². The zero-order valence-electron chi connectivity index (χ0n) is 11.6. The first-order valence-electron chi connectivity index (χ1n) is 6.35. The van der Waals surface area contributed by atoms with Crippen molar-refractivity contribution in [1.29, 1.82) is 0 Å². The second-order valence-corrected chi connectivity index (χ2v) is 4.27. The molecule has 0 saturated heterocycles. The van der Waals surface area contributed by atoms with Crippen LogP contribution in [0.5, 0.6) is 0 Å². The average Bonchev–Trinajstić information content (AvgIpc) is 2.87. The molecule has 0 fully saturated rings. The third-order valence-corrected chi connectivity index (χ3v) is 2.67. The summed E-state index contributed by atoms with van der Waals surface area (Å²) >= 11 is 0. The van der Waals surface area contributed by atoms with E-state index in [1.165, 1.54) is 6.92 Å². The van der Waals surface area contributed by atoms with Crippen molar-refractivity contribution in [3.8, 4) is 5.69 Å². The Bertz CT molecular complexity index is 580. The van der Waals surface area contributed by atoms with E-state index in [1.54, 1.807) is 13.3 Å². The first-order chi connectivity index (χ1) is 9.70. The molecule has 1 aromatic carbocycles. The number of ether oxygens (including phenoxy) is 1. The molecule has 1 heterocycles. The summed E-state index contributed by atoms with van der Waals surface area (Å²) in [4.78, 5) is 15.4. The first kappa shape index (κ1) is 14.1. The smallest absolute Gasteiger partial charge is 0.221 e. The Morgan fingerprint density at radius 2 is 2.30 bits per heavy atom. The number of aromatic nitrogens is 2. The van der Waals surface area contributed by atoms with Gasteiger partial charge >= 0.3 is 0 Å². The second kappa shape index (κ2) is 6.72. The fraction of sp³-hybridized carbons (Fsp3) is 0.286. The molecule has 6 nitrogen and oxygen atoms in total. The molecule has 20 heavy (non-hydrogen) atoms. The fourth-order valence-corrected chi connectivity index (χ4v) is 1.84. The number of benzene rings is 1. The van der Waals surface area contributed by atoms with Crippen molar-refractivity contribution >= 4 is 17.5 Å². The molecule has 2 N–H and O–H groups in total. The van der Waals surface area contributed by atoms with Crippen molar-refractivity contribution in [2.45, 2.75) is 6.92 Å². The molecule has 106 valence electrons. The zero-order chi connectivity index (χ0) is 14.4. The molecule has 0 aliphatic carbocycles. The second-order valence-electron chi connectivity index (χ2n) is 4.27. The van der Waals surface area contributed by atoms with Gasteiger partial charge in [-0.05, 0) is 18.2 Å². The van der Waals surface area contributed by atoms with E-state index in [0.29, 0.717) is 13.2 Å². The van der Waals surface area contributed by atoms with Crippen molar-refractivity contribution in [2.75, 3.05) is 30.9 Å². The molecule has 0 atom stereocenters. The minimum Gasteiger partial charge on any atom is -0.383 e. The Labute approximate surface area is 117 Å². The summed E-state index contributed by atoms with van der Waals surface area (Å²) in [5.74, 6) is 0.647. The zero-order valence-corrected chi connectivity index (χ0v) is 11.6. The standard InChI is InChI=1S/C14H18N4O2/c1-11(19)17-12-4-3-5-13(10-12)18-8-6-15-14(18)16-7-9-20-2/h3-6,8,10H,7,9H2,1-2H3,(H,15,16)(H,17,19). The summed E-state index contributed by atoms with van der Waals surface area (Å²) in [6.07, 6.45) is 3.59. The number of imidazole rings is 1. The maximum Gasteiger partial charge on any atom is 0.221 e. The predicted molar refractivity (Wildman–Crippen MR) is 78.2 cm³/mol. The van der Waals surface area contributed by atoms with Crippen LogP contribution in [0.4, 0.5) is 11.6 Å². The van der Waals surface area contributed by atoms with Gasteiger partial charge in [0.2, 0.25) is 11.9 Å². The number of nitrogens with zero attached hydrogens (tertiary/aromatic N) is 2. The summed E-state index contributed by atoms with van der Waals surface area (Å²) in [5.41, 5.74) is 1.68. The Morgan fingerprint density at radius 3 is 3.05 bits per heavy atom. The number of carbonyl (C=O) groups is 1. The summed E-state index contributed by atoms with van der Waals surface area (Å²) in [7, 11) is 1.66. The van der Waals surface area contributed by atoms with E-state index in [0.717, 1.165) is 17.3 Å². The molecule has 0 bridgehead atoms. The number of amides is 1. The summed E-state index contributed by atoms with van der Waals surface area (Å²) in [6, 6.07) is 7.58. The van der Waals surface area contributed by atoms with Crippen LogP contribution < -0.4 is 10.6 Å². The topological polar surface area (TPSA) is 68.2 Å². The fourth-order valence-electron chi connectivity index (χ4n) is 1.84. The van der Waals surface area contributed by atoms with Gasteiger partial charge in [-0.3, -0.25) is 9.36 Å². The molecule has 1 aromatic heterocycles. The lowest BCUT2D eigenvalue weighted by molar-refractivity contribution is -0.114. The van der Waals surface area contributed by atoms with E-state index < -0.39 is 0 Å². The van der Waals surface area contributed by atoms with Crippen LogP contribution >= 0.6 is 0 Å². The summed E-state index contributed by atoms with van der Waals surface area (Å²) < 4.78 is 6.92. The van der Waals surface area contributed by atoms with Crippen LogP contribution in [0.25, 0.3) is 5.69 Å². The van der Waals surface area contributed by atoms with E-state index in [9.17, 15) is 4.79 Å². The molecule has 1 amide bonds. The van der Waals surface area contributed by atoms with Crippen LogP contribution in [0.2, 0.25) is 0 Å². The number of hydrogen-bond acceptors (Lipinski definition) is 4. The number of carbonyl (C=O) groups excluding carboxylic acids is 1. The largest absolute Gasteiger partial charge is 0.383 e. The molecule has 0 unspecified atom stereocenters. The Kier molecular flexibility index (Phi) is 4.73. The summed E-state index contributed by atoms with van der Waals surface area (Å²) in [5, 5.41) is 5.96. The number of methoxy groups -OCH3 is 1. The Balaban J connectivity index is 2.18. The van der Waals surface area contributed by atoms with E-state index >= 15 is 0 Å². The van der Waals surface area contributed by atoms with Crippen LogP contribution in [0.3, 0.4) is 0 Å². The lowest BCUT2D eigenvalue weighted by atomic mass is 10.2. The molecule has 0 aliphatic heterocycles. The van der Waals surface area contributed by atoms with Crippen molar-refractivity contribution < 1.29 is 9.53 Å². The highest BCUT2D eigenvalue weighted by Crippen LogP contribution is 2.18. The van der Waals surface area contributed by atoms with Gasteiger partial charge in [-0.25, -0.2) is 4.98 Å². The van der Waals surface area contributed by atoms with Gasteiger partial charge < -0.3 is 15.4 Å². The molecule has 6 heteroatoms. The molecule has 2 aromatic rings. The SMILES string of the molecule is COCCNc1nccn1-c1cccc(NC(C)=O)c1. The minimum atomic E-state index is -0.0915. The van der Waals surface area contributed by atoms with Gasteiger partial charge in [0.25, 0.3) is 0 Å². The minimum absolute atomic E-state index is 0.0915. The highest BCUT2D eigenvalue weighted by atomic mass is 16.5. The number of anilines is 2. The molecule has 0 spiro atoms. The third-order valence-electron chi connectivity index (χ3n) is 2.67. The van der Waals surface area contributed by atoms with Crippen molar-refractivity contribution in [2.24, 2.45) is 0 Å². The lowest BCUT2D eigenvalue weighted by Gasteiger charge is -2.11. The van der Waals surface area contributed by atoms with Crippen molar-refractivity contribution in [3.63, 3.8) is 0 Å². The maximum atomic E-state index is 11.1. The normalized spacial score (nSPS) is 10.3. The van der Waals surface area contributed by atoms with Crippen LogP contribution in [-0.2, 0) is 9.53 Å². The quantitative estimate of drug-likeness (QED) is 0.789. The van der Waals surface area contributed by atoms with E-state index in [2.05, 4.69) is 15.6 Å². The van der Waals surface area contributed by atoms with E-state index in [-0.39, 0.29) is 5.91 Å². The van der Waals surface area contributed by atoms with Crippen molar-refractivity contribution in [1.82, 2.24) is 9.55 Å². The molecule has 0 radical (unpaired) electrons. The number of nitrogens with one attached hydrogen (secondary N) is 2. The monoisotopic (exact) mass is 274 g/mol. The number of hydrogen-bond donors (Lipinski definition) is 2. The van der Waals surface area contributed by atoms with Crippen molar-refractivity contribution in [3.05, 3.63) is 36.7 Å². The van der Waals surface area contributed by atoms with Gasteiger partial charge in [0, 0.05) is 38.7 Å². The first-order valence-corrected chi connectivity index (χ1v) is 6.35. The average molecular weight is 274 g/mol. The third kappa shape index (κ3) is 3.58. The molecular weight excluding hydrogens is 256 g/mol. The van der Waals surface area contributed by atoms with Crippen LogP contribution in [-0.4, -0.2) is 35.7 Å². The Morgan fingerprint density at radius 1 is 1.45 bits per heavy atom. The van der Waals surface area contributed by atoms with Gasteiger partial charge in [-0.15, -0.1) is 0 Å². The molecular formula is C14H18N4O2. The highest BCUT2D eigenvalue weighted by Gasteiger charge is 2.05. The van der Waals surface area contributed by atoms with Gasteiger partial charge in [-0.2, -0.15) is 0 Å². The summed E-state index contributed by atoms with van der Waals surface area (Å²) in [6.45, 7) is 2.78. The Hall–Kier alpha value is -2.34. The molecule has 0 aliphatic rings. The lowest BCUT2D eigenvalue weighted by Crippen LogP contribution is -2.12.